The molecule has 4 nitrogen and oxygen atoms in total. The number of rotatable bonds is 3. The molecule has 1 atom stereocenters. The topological polar surface area (TPSA) is 50.7 Å². The first-order chi connectivity index (χ1) is 7.22. The normalized spacial score (nSPS) is 13.0. The molecule has 0 saturated heterocycles. The van der Waals surface area contributed by atoms with E-state index in [1.165, 1.54) is 11.5 Å². The minimum Gasteiger partial charge on any atom is -0.366 e. The third kappa shape index (κ3) is 2.03. The molecule has 0 aliphatic carbocycles. The van der Waals surface area contributed by atoms with Crippen LogP contribution in [0.3, 0.4) is 0 Å². The first kappa shape index (κ1) is 10.6. The van der Waals surface area contributed by atoms with Gasteiger partial charge in [-0.25, -0.2) is 9.97 Å². The molecule has 2 aromatic rings. The number of nitrogens with zero attached hydrogens (tertiary/aromatic N) is 3. The van der Waals surface area contributed by atoms with Gasteiger partial charge in [0, 0.05) is 11.9 Å². The summed E-state index contributed by atoms with van der Waals surface area (Å²) in [6, 6.07) is 0.184. The lowest BCUT2D eigenvalue weighted by molar-refractivity contribution is 0.898. The highest BCUT2D eigenvalue weighted by atomic mass is 35.5. The van der Waals surface area contributed by atoms with E-state index >= 15 is 0 Å². The predicted octanol–water partition coefficient (Wildman–Crippen LogP) is 2.43. The standard InChI is InChI=1S/C9H11ClN4S/c1-5(3-10)13-8-7-6(2)14-15-9(7)12-4-11-8/h4-5H,3H2,1-2H3,(H,11,12,13). The highest BCUT2D eigenvalue weighted by molar-refractivity contribution is 7.13. The van der Waals surface area contributed by atoms with Crippen molar-refractivity contribution >= 4 is 39.2 Å². The summed E-state index contributed by atoms with van der Waals surface area (Å²) in [6.07, 6.45) is 1.54. The molecule has 0 bridgehead atoms. The molecule has 0 aliphatic heterocycles. The summed E-state index contributed by atoms with van der Waals surface area (Å²) < 4.78 is 4.26. The number of alkyl halides is 1. The summed E-state index contributed by atoms with van der Waals surface area (Å²) in [7, 11) is 0. The van der Waals surface area contributed by atoms with Crippen molar-refractivity contribution in [3.8, 4) is 0 Å². The maximum atomic E-state index is 5.75. The van der Waals surface area contributed by atoms with E-state index in [0.717, 1.165) is 21.7 Å². The Morgan fingerprint density at radius 2 is 2.33 bits per heavy atom. The second-order valence-electron chi connectivity index (χ2n) is 3.37. The molecule has 0 amide bonds. The van der Waals surface area contributed by atoms with Crippen LogP contribution < -0.4 is 5.32 Å². The third-order valence-electron chi connectivity index (χ3n) is 2.06. The van der Waals surface area contributed by atoms with Crippen LogP contribution in [-0.2, 0) is 0 Å². The van der Waals surface area contributed by atoms with Crippen molar-refractivity contribution < 1.29 is 0 Å². The van der Waals surface area contributed by atoms with E-state index in [9.17, 15) is 0 Å². The van der Waals surface area contributed by atoms with Gasteiger partial charge in [0.1, 0.15) is 17.0 Å². The van der Waals surface area contributed by atoms with Gasteiger partial charge in [-0.3, -0.25) is 0 Å². The van der Waals surface area contributed by atoms with E-state index in [0.29, 0.717) is 5.88 Å². The molecule has 0 aromatic carbocycles. The van der Waals surface area contributed by atoms with Gasteiger partial charge in [-0.2, -0.15) is 4.37 Å². The smallest absolute Gasteiger partial charge is 0.149 e. The highest BCUT2D eigenvalue weighted by Gasteiger charge is 2.11. The molecule has 1 unspecified atom stereocenters. The molecule has 0 aliphatic rings. The third-order valence-corrected chi connectivity index (χ3v) is 3.37. The molecule has 1 N–H and O–H groups in total. The first-order valence-corrected chi connectivity index (χ1v) is 5.92. The van der Waals surface area contributed by atoms with E-state index in [1.807, 2.05) is 13.8 Å². The molecule has 2 heterocycles. The van der Waals surface area contributed by atoms with Gasteiger partial charge in [-0.1, -0.05) is 0 Å². The minimum absolute atomic E-state index is 0.184. The van der Waals surface area contributed by atoms with Crippen LogP contribution in [-0.4, -0.2) is 26.3 Å². The first-order valence-electron chi connectivity index (χ1n) is 4.62. The second-order valence-corrected chi connectivity index (χ2v) is 4.43. The van der Waals surface area contributed by atoms with Crippen molar-refractivity contribution in [3.63, 3.8) is 0 Å². The van der Waals surface area contributed by atoms with E-state index < -0.39 is 0 Å². The molecule has 0 spiro atoms. The van der Waals surface area contributed by atoms with E-state index in [-0.39, 0.29) is 6.04 Å². The van der Waals surface area contributed by atoms with Crippen LogP contribution in [0.4, 0.5) is 5.82 Å². The zero-order chi connectivity index (χ0) is 10.8. The van der Waals surface area contributed by atoms with E-state index in [4.69, 9.17) is 11.6 Å². The van der Waals surface area contributed by atoms with Gasteiger partial charge < -0.3 is 5.32 Å². The lowest BCUT2D eigenvalue weighted by atomic mass is 10.3. The van der Waals surface area contributed by atoms with E-state index in [1.54, 1.807) is 6.33 Å². The fraction of sp³-hybridized carbons (Fsp3) is 0.444. The second kappa shape index (κ2) is 4.28. The van der Waals surface area contributed by atoms with Gasteiger partial charge in [-0.15, -0.1) is 11.6 Å². The molecular weight excluding hydrogens is 232 g/mol. The Balaban J connectivity index is 2.45. The van der Waals surface area contributed by atoms with Crippen LogP contribution in [0, 0.1) is 6.92 Å². The molecule has 6 heteroatoms. The van der Waals surface area contributed by atoms with Crippen molar-refractivity contribution in [3.05, 3.63) is 12.0 Å². The molecule has 80 valence electrons. The summed E-state index contributed by atoms with van der Waals surface area (Å²) in [5.41, 5.74) is 0.958. The van der Waals surface area contributed by atoms with Crippen LogP contribution >= 0.6 is 23.1 Å². The Bertz CT molecular complexity index is 470. The summed E-state index contributed by atoms with van der Waals surface area (Å²) >= 11 is 7.14. The van der Waals surface area contributed by atoms with Crippen LogP contribution in [0.25, 0.3) is 10.2 Å². The average molecular weight is 243 g/mol. The molecule has 0 saturated carbocycles. The maximum Gasteiger partial charge on any atom is 0.149 e. The molecule has 15 heavy (non-hydrogen) atoms. The highest BCUT2D eigenvalue weighted by Crippen LogP contribution is 2.25. The Hall–Kier alpha value is -0.940. The largest absolute Gasteiger partial charge is 0.366 e. The maximum absolute atomic E-state index is 5.75. The van der Waals surface area contributed by atoms with Gasteiger partial charge >= 0.3 is 0 Å². The quantitative estimate of drug-likeness (QED) is 0.840. The zero-order valence-electron chi connectivity index (χ0n) is 8.49. The lowest BCUT2D eigenvalue weighted by Crippen LogP contribution is -2.17. The van der Waals surface area contributed by atoms with Gasteiger partial charge in [-0.05, 0) is 25.4 Å². The lowest BCUT2D eigenvalue weighted by Gasteiger charge is -2.11. The van der Waals surface area contributed by atoms with Crippen molar-refractivity contribution in [2.75, 3.05) is 11.2 Å². The summed E-state index contributed by atoms with van der Waals surface area (Å²) in [5.74, 6) is 1.36. The monoisotopic (exact) mass is 242 g/mol. The SMILES string of the molecule is Cc1nsc2ncnc(NC(C)CCl)c12. The summed E-state index contributed by atoms with van der Waals surface area (Å²) in [5, 5.41) is 4.24. The molecule has 2 rings (SSSR count). The number of hydrogen-bond acceptors (Lipinski definition) is 5. The summed E-state index contributed by atoms with van der Waals surface area (Å²) in [6.45, 7) is 3.97. The van der Waals surface area contributed by atoms with Crippen LogP contribution in [0.15, 0.2) is 6.33 Å². The Labute approximate surface area is 96.9 Å². The average Bonchev–Trinajstić information content (AvgIpc) is 2.61. The van der Waals surface area contributed by atoms with Crippen molar-refractivity contribution in [2.45, 2.75) is 19.9 Å². The fourth-order valence-electron chi connectivity index (χ4n) is 1.30. The molecule has 0 radical (unpaired) electrons. The predicted molar refractivity (Wildman–Crippen MR) is 63.8 cm³/mol. The minimum atomic E-state index is 0.184. The number of nitrogens with one attached hydrogen (secondary N) is 1. The Kier molecular flexibility index (Phi) is 3.02. The molecule has 2 aromatic heterocycles. The van der Waals surface area contributed by atoms with Crippen molar-refractivity contribution in [1.29, 1.82) is 0 Å². The van der Waals surface area contributed by atoms with Crippen molar-refractivity contribution in [1.82, 2.24) is 14.3 Å². The van der Waals surface area contributed by atoms with Crippen molar-refractivity contribution in [2.24, 2.45) is 0 Å². The Morgan fingerprint density at radius 3 is 3.07 bits per heavy atom. The number of halogens is 1. The van der Waals surface area contributed by atoms with Gasteiger partial charge in [0.05, 0.1) is 11.1 Å². The molecule has 0 fully saturated rings. The summed E-state index contributed by atoms with van der Waals surface area (Å²) in [4.78, 5) is 9.29. The van der Waals surface area contributed by atoms with Gasteiger partial charge in [0.25, 0.3) is 0 Å². The number of anilines is 1. The zero-order valence-corrected chi connectivity index (χ0v) is 10.1. The number of fused-ring (bicyclic) bond motifs is 1. The van der Waals surface area contributed by atoms with Crippen LogP contribution in [0.1, 0.15) is 12.6 Å². The Morgan fingerprint density at radius 1 is 1.53 bits per heavy atom. The van der Waals surface area contributed by atoms with E-state index in [2.05, 4.69) is 19.7 Å². The number of aryl methyl sites for hydroxylation is 1. The number of hydrogen-bond donors (Lipinski definition) is 1. The van der Waals surface area contributed by atoms with Gasteiger partial charge in [0.2, 0.25) is 0 Å². The molecular formula is C9H11ClN4S. The van der Waals surface area contributed by atoms with Crippen LogP contribution in [0.5, 0.6) is 0 Å². The fourth-order valence-corrected chi connectivity index (χ4v) is 2.13. The number of aromatic nitrogens is 3. The van der Waals surface area contributed by atoms with Crippen LogP contribution in [0.2, 0.25) is 0 Å². The van der Waals surface area contributed by atoms with Gasteiger partial charge in [0.15, 0.2) is 0 Å².